The molecule has 7 heavy (non-hydrogen) atoms. The highest BCUT2D eigenvalue weighted by Gasteiger charge is 1.71. The highest BCUT2D eigenvalue weighted by Crippen LogP contribution is 1.83. The summed E-state index contributed by atoms with van der Waals surface area (Å²) in [4.78, 5) is 0. The molecule has 0 spiro atoms. The van der Waals surface area contributed by atoms with Crippen molar-refractivity contribution in [3.63, 3.8) is 0 Å². The summed E-state index contributed by atoms with van der Waals surface area (Å²) in [5.74, 6) is 0. The topological polar surface area (TPSA) is 26.0 Å². The number of rotatable bonds is 2. The third kappa shape index (κ3) is 25.0. The SMILES string of the molecule is CCCCF.CN. The molecular formula is C5H14FN. The lowest BCUT2D eigenvalue weighted by Crippen LogP contribution is -1.69. The Hall–Kier alpha value is -0.110. The molecule has 2 heteroatoms. The zero-order valence-electron chi connectivity index (χ0n) is 5.08. The van der Waals surface area contributed by atoms with E-state index in [-0.39, 0.29) is 6.67 Å². The van der Waals surface area contributed by atoms with Crippen molar-refractivity contribution in [1.29, 1.82) is 0 Å². The molecule has 0 fully saturated rings. The van der Waals surface area contributed by atoms with Gasteiger partial charge in [-0.25, -0.2) is 0 Å². The molecule has 0 unspecified atom stereocenters. The maximum atomic E-state index is 11.0. The van der Waals surface area contributed by atoms with Crippen molar-refractivity contribution in [1.82, 2.24) is 0 Å². The summed E-state index contributed by atoms with van der Waals surface area (Å²) < 4.78 is 11.0. The fourth-order valence-corrected chi connectivity index (χ4v) is 0.134. The second kappa shape index (κ2) is 16.9. The van der Waals surface area contributed by atoms with E-state index in [1.54, 1.807) is 0 Å². The standard InChI is InChI=1S/C4H9F.CH5N/c1-2-3-4-5;1-2/h2-4H2,1H3;2H2,1H3. The summed E-state index contributed by atoms with van der Waals surface area (Å²) in [7, 11) is 1.50. The molecule has 2 N–H and O–H groups in total. The second-order valence-electron chi connectivity index (χ2n) is 1.04. The molecule has 0 heterocycles. The summed E-state index contributed by atoms with van der Waals surface area (Å²) in [6.45, 7) is 1.82. The number of halogens is 1. The summed E-state index contributed by atoms with van der Waals surface area (Å²) in [6.07, 6.45) is 1.69. The van der Waals surface area contributed by atoms with E-state index in [0.717, 1.165) is 12.8 Å². The van der Waals surface area contributed by atoms with Crippen LogP contribution in [0.15, 0.2) is 0 Å². The fraction of sp³-hybridized carbons (Fsp3) is 1.00. The van der Waals surface area contributed by atoms with Crippen molar-refractivity contribution >= 4 is 0 Å². The largest absolute Gasteiger partial charge is 0.333 e. The van der Waals surface area contributed by atoms with Crippen molar-refractivity contribution < 1.29 is 4.39 Å². The molecular weight excluding hydrogens is 93.1 g/mol. The van der Waals surface area contributed by atoms with Gasteiger partial charge in [0.1, 0.15) is 0 Å². The fourth-order valence-electron chi connectivity index (χ4n) is 0.134. The summed E-state index contributed by atoms with van der Waals surface area (Å²) in [5.41, 5.74) is 4.50. The first-order valence-corrected chi connectivity index (χ1v) is 2.55. The van der Waals surface area contributed by atoms with Crippen LogP contribution < -0.4 is 5.73 Å². The van der Waals surface area contributed by atoms with Gasteiger partial charge in [0.2, 0.25) is 0 Å². The number of hydrogen-bond donors (Lipinski definition) is 1. The Morgan fingerprint density at radius 2 is 1.86 bits per heavy atom. The summed E-state index contributed by atoms with van der Waals surface area (Å²) in [6, 6.07) is 0. The third-order valence-corrected chi connectivity index (χ3v) is 0.487. The van der Waals surface area contributed by atoms with Gasteiger partial charge in [-0.15, -0.1) is 0 Å². The van der Waals surface area contributed by atoms with Crippen LogP contribution in [0.1, 0.15) is 19.8 Å². The zero-order valence-corrected chi connectivity index (χ0v) is 5.08. The van der Waals surface area contributed by atoms with Gasteiger partial charge in [-0.05, 0) is 13.5 Å². The van der Waals surface area contributed by atoms with E-state index in [2.05, 4.69) is 5.73 Å². The third-order valence-electron chi connectivity index (χ3n) is 0.487. The predicted octanol–water partition coefficient (Wildman–Crippen LogP) is 1.33. The molecule has 0 saturated carbocycles. The van der Waals surface area contributed by atoms with Gasteiger partial charge < -0.3 is 5.73 Å². The van der Waals surface area contributed by atoms with Gasteiger partial charge >= 0.3 is 0 Å². The predicted molar refractivity (Wildman–Crippen MR) is 31.0 cm³/mol. The molecule has 0 aromatic carbocycles. The summed E-state index contributed by atoms with van der Waals surface area (Å²) >= 11 is 0. The van der Waals surface area contributed by atoms with Crippen LogP contribution in [0.3, 0.4) is 0 Å². The monoisotopic (exact) mass is 107 g/mol. The second-order valence-corrected chi connectivity index (χ2v) is 1.04. The van der Waals surface area contributed by atoms with Crippen molar-refractivity contribution in [2.24, 2.45) is 5.73 Å². The van der Waals surface area contributed by atoms with Gasteiger partial charge in [0.15, 0.2) is 0 Å². The van der Waals surface area contributed by atoms with Crippen LogP contribution in [-0.2, 0) is 0 Å². The highest BCUT2D eigenvalue weighted by atomic mass is 19.1. The first-order chi connectivity index (χ1) is 3.41. The highest BCUT2D eigenvalue weighted by molar-refractivity contribution is 4.23. The van der Waals surface area contributed by atoms with Crippen molar-refractivity contribution in [3.8, 4) is 0 Å². The normalized spacial score (nSPS) is 6.86. The number of nitrogens with two attached hydrogens (primary N) is 1. The van der Waals surface area contributed by atoms with Crippen LogP contribution in [0.25, 0.3) is 0 Å². The molecule has 0 radical (unpaired) electrons. The molecule has 46 valence electrons. The number of unbranched alkanes of at least 4 members (excludes halogenated alkanes) is 1. The molecule has 0 aromatic rings. The minimum atomic E-state index is -0.156. The molecule has 0 atom stereocenters. The van der Waals surface area contributed by atoms with Gasteiger partial charge in [-0.3, -0.25) is 4.39 Å². The molecule has 0 aliphatic carbocycles. The molecule has 0 aliphatic heterocycles. The van der Waals surface area contributed by atoms with Crippen LogP contribution in [0, 0.1) is 0 Å². The van der Waals surface area contributed by atoms with E-state index in [0.29, 0.717) is 0 Å². The minimum Gasteiger partial charge on any atom is -0.333 e. The van der Waals surface area contributed by atoms with Gasteiger partial charge in [-0.2, -0.15) is 0 Å². The van der Waals surface area contributed by atoms with Gasteiger partial charge in [0.25, 0.3) is 0 Å². The number of hydrogen-bond acceptors (Lipinski definition) is 1. The van der Waals surface area contributed by atoms with E-state index in [9.17, 15) is 4.39 Å². The Morgan fingerprint density at radius 1 is 1.43 bits per heavy atom. The van der Waals surface area contributed by atoms with Gasteiger partial charge in [0.05, 0.1) is 6.67 Å². The molecule has 0 saturated heterocycles. The van der Waals surface area contributed by atoms with Crippen LogP contribution >= 0.6 is 0 Å². The maximum Gasteiger partial charge on any atom is 0.0894 e. The first-order valence-electron chi connectivity index (χ1n) is 2.55. The van der Waals surface area contributed by atoms with Crippen LogP contribution in [-0.4, -0.2) is 13.7 Å². The Kier molecular flexibility index (Phi) is 24.1. The molecule has 1 nitrogen and oxygen atoms in total. The zero-order chi connectivity index (χ0) is 6.12. The van der Waals surface area contributed by atoms with Crippen molar-refractivity contribution in [2.75, 3.05) is 13.7 Å². The summed E-state index contributed by atoms with van der Waals surface area (Å²) in [5, 5.41) is 0. The lowest BCUT2D eigenvalue weighted by molar-refractivity contribution is 0.469. The quantitative estimate of drug-likeness (QED) is 0.566. The average Bonchev–Trinajstić information content (AvgIpc) is 1.75. The van der Waals surface area contributed by atoms with Crippen LogP contribution in [0.4, 0.5) is 4.39 Å². The van der Waals surface area contributed by atoms with Gasteiger partial charge in [-0.1, -0.05) is 13.3 Å². The van der Waals surface area contributed by atoms with Crippen LogP contribution in [0.5, 0.6) is 0 Å². The smallest absolute Gasteiger partial charge is 0.0894 e. The van der Waals surface area contributed by atoms with E-state index in [1.807, 2.05) is 6.92 Å². The lowest BCUT2D eigenvalue weighted by atomic mass is 10.4. The van der Waals surface area contributed by atoms with E-state index < -0.39 is 0 Å². The molecule has 0 rings (SSSR count). The molecule has 0 amide bonds. The molecule has 0 aliphatic rings. The number of alkyl halides is 1. The van der Waals surface area contributed by atoms with E-state index >= 15 is 0 Å². The Balaban J connectivity index is 0. The van der Waals surface area contributed by atoms with E-state index in [4.69, 9.17) is 0 Å². The van der Waals surface area contributed by atoms with E-state index in [1.165, 1.54) is 7.05 Å². The van der Waals surface area contributed by atoms with Crippen molar-refractivity contribution in [3.05, 3.63) is 0 Å². The average molecular weight is 107 g/mol. The lowest BCUT2D eigenvalue weighted by Gasteiger charge is -1.76. The Bertz CT molecular complexity index is 15.6. The van der Waals surface area contributed by atoms with Crippen molar-refractivity contribution in [2.45, 2.75) is 19.8 Å². The Morgan fingerprint density at radius 3 is 1.86 bits per heavy atom. The molecule has 0 aromatic heterocycles. The molecule has 0 bridgehead atoms. The van der Waals surface area contributed by atoms with Crippen LogP contribution in [0.2, 0.25) is 0 Å². The minimum absolute atomic E-state index is 0.156. The first kappa shape index (κ1) is 10.00. The Labute approximate surface area is 44.7 Å². The maximum absolute atomic E-state index is 11.0. The van der Waals surface area contributed by atoms with Gasteiger partial charge in [0, 0.05) is 0 Å².